The predicted molar refractivity (Wildman–Crippen MR) is 130 cm³/mol. The molecule has 1 aliphatic heterocycles. The summed E-state index contributed by atoms with van der Waals surface area (Å²) in [6.07, 6.45) is 5.65. The van der Waals surface area contributed by atoms with E-state index >= 15 is 0 Å². The molecule has 1 saturated heterocycles. The Hall–Kier alpha value is -3.77. The highest BCUT2D eigenvalue weighted by atomic mass is 16.2. The number of nitrogens with one attached hydrogen (secondary N) is 1. The lowest BCUT2D eigenvalue weighted by Crippen LogP contribution is -2.35. The van der Waals surface area contributed by atoms with E-state index in [4.69, 9.17) is 4.98 Å². The van der Waals surface area contributed by atoms with Gasteiger partial charge in [-0.25, -0.2) is 4.98 Å². The summed E-state index contributed by atoms with van der Waals surface area (Å²) in [7, 11) is 3.84. The molecule has 1 fully saturated rings. The number of anilines is 1. The predicted octanol–water partition coefficient (Wildman–Crippen LogP) is 2.51. The standard InChI is InChI=1S/C25H29N7O2/c1-18-8-6-10-21-23(18)32(25(28-21)29-24(34)19-12-13-26-27-16-19)20-9-4-5-15-31(17-20)22(33)11-7-14-30(2)3/h6,8,10,12-13,16,20H,4-5,9,14-15,17H2,1-3H3,(H,28,29,34)/t20-/m1/s1. The van der Waals surface area contributed by atoms with Gasteiger partial charge in [-0.3, -0.25) is 19.8 Å². The quantitative estimate of drug-likeness (QED) is 0.603. The molecule has 4 rings (SSSR count). The van der Waals surface area contributed by atoms with Crippen LogP contribution in [-0.2, 0) is 4.79 Å². The molecule has 0 saturated carbocycles. The largest absolute Gasteiger partial charge is 0.330 e. The van der Waals surface area contributed by atoms with Gasteiger partial charge in [0.15, 0.2) is 0 Å². The molecule has 0 radical (unpaired) electrons. The van der Waals surface area contributed by atoms with Crippen LogP contribution in [0.2, 0.25) is 0 Å². The fourth-order valence-corrected chi connectivity index (χ4v) is 4.23. The number of likely N-dealkylation sites (tertiary alicyclic amines) is 1. The molecular weight excluding hydrogens is 430 g/mol. The van der Waals surface area contributed by atoms with Crippen molar-refractivity contribution >= 4 is 28.8 Å². The zero-order valence-corrected chi connectivity index (χ0v) is 19.8. The Morgan fingerprint density at radius 2 is 2.06 bits per heavy atom. The van der Waals surface area contributed by atoms with Crippen molar-refractivity contribution in [3.05, 3.63) is 47.8 Å². The molecule has 34 heavy (non-hydrogen) atoms. The summed E-state index contributed by atoms with van der Waals surface area (Å²) < 4.78 is 2.08. The molecule has 0 bridgehead atoms. The Bertz CT molecular complexity index is 1240. The average Bonchev–Trinajstić information content (AvgIpc) is 3.01. The summed E-state index contributed by atoms with van der Waals surface area (Å²) in [5.74, 6) is 5.72. The fraction of sp³-hybridized carbons (Fsp3) is 0.400. The molecule has 1 aromatic carbocycles. The molecule has 3 aromatic rings. The number of aromatic nitrogens is 4. The number of hydrogen-bond acceptors (Lipinski definition) is 6. The molecular formula is C25H29N7O2. The molecule has 9 nitrogen and oxygen atoms in total. The van der Waals surface area contributed by atoms with E-state index in [1.165, 1.54) is 12.4 Å². The van der Waals surface area contributed by atoms with Crippen molar-refractivity contribution in [3.8, 4) is 11.8 Å². The zero-order valence-electron chi connectivity index (χ0n) is 19.8. The number of para-hydroxylation sites is 1. The number of carbonyl (C=O) groups is 2. The molecule has 1 atom stereocenters. The van der Waals surface area contributed by atoms with Crippen molar-refractivity contribution in [2.24, 2.45) is 0 Å². The molecule has 9 heteroatoms. The van der Waals surface area contributed by atoms with Gasteiger partial charge in [-0.1, -0.05) is 18.1 Å². The lowest BCUT2D eigenvalue weighted by molar-refractivity contribution is -0.125. The molecule has 2 aromatic heterocycles. The highest BCUT2D eigenvalue weighted by Crippen LogP contribution is 2.32. The smallest absolute Gasteiger partial charge is 0.298 e. The SMILES string of the molecule is Cc1cccc2nc(NC(=O)c3ccnnc3)n([C@@H]3CCCCN(C(=O)C#CCN(C)C)C3)c12. The van der Waals surface area contributed by atoms with E-state index < -0.39 is 0 Å². The maximum atomic E-state index is 12.9. The minimum atomic E-state index is -0.305. The Labute approximate surface area is 199 Å². The molecule has 176 valence electrons. The molecule has 0 aliphatic carbocycles. The number of benzene rings is 1. The van der Waals surface area contributed by atoms with Gasteiger partial charge >= 0.3 is 0 Å². The number of fused-ring (bicyclic) bond motifs is 1. The first-order chi connectivity index (χ1) is 16.4. The van der Waals surface area contributed by atoms with Crippen LogP contribution in [0, 0.1) is 18.8 Å². The van der Waals surface area contributed by atoms with Crippen molar-refractivity contribution < 1.29 is 9.59 Å². The second-order valence-corrected chi connectivity index (χ2v) is 8.77. The first-order valence-corrected chi connectivity index (χ1v) is 11.4. The number of carbonyl (C=O) groups excluding carboxylic acids is 2. The highest BCUT2D eigenvalue weighted by Gasteiger charge is 2.27. The summed E-state index contributed by atoms with van der Waals surface area (Å²) in [6.45, 7) is 3.75. The number of aryl methyl sites for hydroxylation is 1. The van der Waals surface area contributed by atoms with Gasteiger partial charge < -0.3 is 9.47 Å². The van der Waals surface area contributed by atoms with E-state index in [9.17, 15) is 9.59 Å². The van der Waals surface area contributed by atoms with E-state index in [2.05, 4.69) is 31.9 Å². The Balaban J connectivity index is 1.68. The van der Waals surface area contributed by atoms with Crippen molar-refractivity contribution in [2.75, 3.05) is 39.0 Å². The first-order valence-electron chi connectivity index (χ1n) is 11.4. The molecule has 0 spiro atoms. The van der Waals surface area contributed by atoms with E-state index in [1.54, 1.807) is 6.07 Å². The molecule has 0 unspecified atom stereocenters. The van der Waals surface area contributed by atoms with Crippen LogP contribution >= 0.6 is 0 Å². The minimum absolute atomic E-state index is 0.0425. The monoisotopic (exact) mass is 459 g/mol. The number of hydrogen-bond donors (Lipinski definition) is 1. The van der Waals surface area contributed by atoms with Crippen molar-refractivity contribution in [1.82, 2.24) is 29.5 Å². The van der Waals surface area contributed by atoms with Gasteiger partial charge in [0.05, 0.1) is 41.6 Å². The Kier molecular flexibility index (Phi) is 7.18. The first kappa shape index (κ1) is 23.4. The number of imidazole rings is 1. The number of rotatable bonds is 4. The van der Waals surface area contributed by atoms with Gasteiger partial charge in [-0.2, -0.15) is 10.2 Å². The summed E-state index contributed by atoms with van der Waals surface area (Å²) in [4.78, 5) is 34.3. The maximum absolute atomic E-state index is 12.9. The van der Waals surface area contributed by atoms with Crippen LogP contribution in [0.5, 0.6) is 0 Å². The lowest BCUT2D eigenvalue weighted by Gasteiger charge is -2.26. The normalized spacial score (nSPS) is 16.1. The van der Waals surface area contributed by atoms with Crippen LogP contribution in [0.3, 0.4) is 0 Å². The van der Waals surface area contributed by atoms with E-state index in [1.807, 2.05) is 49.0 Å². The third kappa shape index (κ3) is 5.24. The maximum Gasteiger partial charge on any atom is 0.298 e. The second kappa shape index (κ2) is 10.4. The Morgan fingerprint density at radius 3 is 2.82 bits per heavy atom. The van der Waals surface area contributed by atoms with Crippen LogP contribution < -0.4 is 5.32 Å². The van der Waals surface area contributed by atoms with Crippen LogP contribution in [0.4, 0.5) is 5.95 Å². The van der Waals surface area contributed by atoms with Gasteiger partial charge in [-0.15, -0.1) is 0 Å². The Morgan fingerprint density at radius 1 is 1.21 bits per heavy atom. The van der Waals surface area contributed by atoms with Crippen LogP contribution in [0.25, 0.3) is 11.0 Å². The van der Waals surface area contributed by atoms with Crippen LogP contribution in [-0.4, -0.2) is 75.1 Å². The fourth-order valence-electron chi connectivity index (χ4n) is 4.23. The molecule has 1 N–H and O–H groups in total. The van der Waals surface area contributed by atoms with Gasteiger partial charge in [0.1, 0.15) is 0 Å². The third-order valence-electron chi connectivity index (χ3n) is 5.87. The van der Waals surface area contributed by atoms with Gasteiger partial charge in [0.25, 0.3) is 11.8 Å². The van der Waals surface area contributed by atoms with Crippen molar-refractivity contribution in [1.29, 1.82) is 0 Å². The van der Waals surface area contributed by atoms with Crippen LogP contribution in [0.15, 0.2) is 36.7 Å². The summed E-state index contributed by atoms with van der Waals surface area (Å²) in [5.41, 5.74) is 3.22. The zero-order chi connectivity index (χ0) is 24.1. The van der Waals surface area contributed by atoms with Crippen molar-refractivity contribution in [3.63, 3.8) is 0 Å². The highest BCUT2D eigenvalue weighted by molar-refractivity contribution is 6.04. The summed E-state index contributed by atoms with van der Waals surface area (Å²) in [5, 5.41) is 10.5. The van der Waals surface area contributed by atoms with Crippen molar-refractivity contribution in [2.45, 2.75) is 32.2 Å². The van der Waals surface area contributed by atoms with Gasteiger partial charge in [0, 0.05) is 13.1 Å². The number of nitrogens with zero attached hydrogens (tertiary/aromatic N) is 6. The lowest BCUT2D eigenvalue weighted by atomic mass is 10.1. The topological polar surface area (TPSA) is 96.3 Å². The van der Waals surface area contributed by atoms with Gasteiger partial charge in [0.2, 0.25) is 5.95 Å². The minimum Gasteiger partial charge on any atom is -0.330 e. The van der Waals surface area contributed by atoms with E-state index in [0.717, 1.165) is 35.9 Å². The second-order valence-electron chi connectivity index (χ2n) is 8.77. The third-order valence-corrected chi connectivity index (χ3v) is 5.87. The van der Waals surface area contributed by atoms with Gasteiger partial charge in [-0.05, 0) is 63.9 Å². The average molecular weight is 460 g/mol. The van der Waals surface area contributed by atoms with Crippen LogP contribution in [0.1, 0.15) is 41.2 Å². The molecule has 3 heterocycles. The summed E-state index contributed by atoms with van der Waals surface area (Å²) in [6, 6.07) is 7.49. The van der Waals surface area contributed by atoms with E-state index in [0.29, 0.717) is 31.1 Å². The summed E-state index contributed by atoms with van der Waals surface area (Å²) >= 11 is 0. The number of amides is 2. The molecule has 1 aliphatic rings. The molecule has 2 amide bonds. The van der Waals surface area contributed by atoms with E-state index in [-0.39, 0.29) is 17.9 Å².